The standard InChI is InChI=1S/C23H21N5O/c1-2-4-18(5-3-1)29-19-8-6-16(7-9-19)21-20-12-24-15-26-22(20)28(27-21)17-10-23(11-17)13-25-14-23/h1-9,12,15,17,25H,10-11,13-14H2. The van der Waals surface area contributed by atoms with Crippen LogP contribution in [-0.4, -0.2) is 32.8 Å². The third-order valence-electron chi connectivity index (χ3n) is 6.16. The molecule has 0 unspecified atom stereocenters. The van der Waals surface area contributed by atoms with Gasteiger partial charge in [-0.05, 0) is 54.7 Å². The molecule has 0 radical (unpaired) electrons. The second-order valence-corrected chi connectivity index (χ2v) is 8.16. The van der Waals surface area contributed by atoms with Gasteiger partial charge in [-0.2, -0.15) is 5.10 Å². The molecule has 0 amide bonds. The molecule has 3 heterocycles. The molecule has 0 bridgehead atoms. The van der Waals surface area contributed by atoms with E-state index in [2.05, 4.69) is 32.1 Å². The Balaban J connectivity index is 1.31. The molecule has 4 aromatic rings. The zero-order valence-electron chi connectivity index (χ0n) is 16.0. The van der Waals surface area contributed by atoms with Crippen LogP contribution < -0.4 is 10.1 Å². The Morgan fingerprint density at radius 2 is 1.72 bits per heavy atom. The Morgan fingerprint density at radius 1 is 0.966 bits per heavy atom. The van der Waals surface area contributed by atoms with Gasteiger partial charge in [-0.25, -0.2) is 14.6 Å². The first kappa shape index (κ1) is 16.7. The molecule has 1 aliphatic heterocycles. The van der Waals surface area contributed by atoms with Gasteiger partial charge in [0.1, 0.15) is 23.5 Å². The summed E-state index contributed by atoms with van der Waals surface area (Å²) < 4.78 is 8.03. The zero-order chi connectivity index (χ0) is 19.3. The summed E-state index contributed by atoms with van der Waals surface area (Å²) in [5, 5.41) is 9.37. The number of aromatic nitrogens is 4. The lowest BCUT2D eigenvalue weighted by Crippen LogP contribution is -2.60. The molecule has 1 saturated heterocycles. The van der Waals surface area contributed by atoms with Crippen LogP contribution in [0.3, 0.4) is 0 Å². The van der Waals surface area contributed by atoms with Gasteiger partial charge >= 0.3 is 0 Å². The summed E-state index contributed by atoms with van der Waals surface area (Å²) in [5.74, 6) is 1.63. The van der Waals surface area contributed by atoms with Gasteiger partial charge in [-0.3, -0.25) is 0 Å². The van der Waals surface area contributed by atoms with Crippen LogP contribution >= 0.6 is 0 Å². The molecule has 1 N–H and O–H groups in total. The predicted molar refractivity (Wildman–Crippen MR) is 111 cm³/mol. The summed E-state index contributed by atoms with van der Waals surface area (Å²) in [6.45, 7) is 2.26. The highest BCUT2D eigenvalue weighted by molar-refractivity contribution is 5.90. The number of hydrogen-bond acceptors (Lipinski definition) is 5. The van der Waals surface area contributed by atoms with Crippen LogP contribution in [0.1, 0.15) is 18.9 Å². The fraction of sp³-hybridized carbons (Fsp3) is 0.261. The minimum Gasteiger partial charge on any atom is -0.457 e. The average molecular weight is 383 g/mol. The molecule has 6 nitrogen and oxygen atoms in total. The van der Waals surface area contributed by atoms with Gasteiger partial charge in [0, 0.05) is 24.8 Å². The van der Waals surface area contributed by atoms with E-state index in [0.29, 0.717) is 11.5 Å². The maximum Gasteiger partial charge on any atom is 0.162 e. The molecule has 6 rings (SSSR count). The van der Waals surface area contributed by atoms with Gasteiger partial charge in [0.25, 0.3) is 0 Å². The highest BCUT2D eigenvalue weighted by Gasteiger charge is 2.49. The van der Waals surface area contributed by atoms with Crippen molar-refractivity contribution in [2.24, 2.45) is 5.41 Å². The summed E-state index contributed by atoms with van der Waals surface area (Å²) in [6.07, 6.45) is 5.82. The van der Waals surface area contributed by atoms with E-state index >= 15 is 0 Å². The number of para-hydroxylation sites is 1. The largest absolute Gasteiger partial charge is 0.457 e. The van der Waals surface area contributed by atoms with E-state index in [1.807, 2.05) is 48.7 Å². The first-order chi connectivity index (χ1) is 14.3. The summed E-state index contributed by atoms with van der Waals surface area (Å²) in [4.78, 5) is 8.79. The molecule has 144 valence electrons. The first-order valence-electron chi connectivity index (χ1n) is 10.0. The lowest BCUT2D eigenvalue weighted by Gasteiger charge is -2.54. The van der Waals surface area contributed by atoms with Crippen molar-refractivity contribution in [2.75, 3.05) is 13.1 Å². The molecule has 0 atom stereocenters. The Hall–Kier alpha value is -3.25. The SMILES string of the molecule is c1ccc(Oc2ccc(-c3nn(C4CC5(CNC5)C4)c4ncncc34)cc2)cc1. The number of nitrogens with one attached hydrogen (secondary N) is 1. The molecular weight excluding hydrogens is 362 g/mol. The highest BCUT2D eigenvalue weighted by Crippen LogP contribution is 2.51. The van der Waals surface area contributed by atoms with Crippen LogP contribution in [-0.2, 0) is 0 Å². The number of rotatable bonds is 4. The van der Waals surface area contributed by atoms with E-state index in [9.17, 15) is 0 Å². The smallest absolute Gasteiger partial charge is 0.162 e. The maximum absolute atomic E-state index is 5.91. The van der Waals surface area contributed by atoms with Gasteiger partial charge in [-0.1, -0.05) is 18.2 Å². The summed E-state index contributed by atoms with van der Waals surface area (Å²) in [5.41, 5.74) is 3.39. The predicted octanol–water partition coefficient (Wildman–Crippen LogP) is 4.21. The number of nitrogens with zero attached hydrogens (tertiary/aromatic N) is 4. The molecule has 2 fully saturated rings. The number of ether oxygens (including phenoxy) is 1. The Morgan fingerprint density at radius 3 is 2.45 bits per heavy atom. The van der Waals surface area contributed by atoms with E-state index in [-0.39, 0.29) is 0 Å². The Kier molecular flexibility index (Phi) is 3.67. The molecule has 2 aromatic carbocycles. The van der Waals surface area contributed by atoms with Crippen molar-refractivity contribution >= 4 is 11.0 Å². The second kappa shape index (κ2) is 6.39. The van der Waals surface area contributed by atoms with Crippen LogP contribution in [0, 0.1) is 5.41 Å². The van der Waals surface area contributed by atoms with Crippen LogP contribution in [0.4, 0.5) is 0 Å². The van der Waals surface area contributed by atoms with Crippen molar-refractivity contribution in [3.8, 4) is 22.8 Å². The highest BCUT2D eigenvalue weighted by atomic mass is 16.5. The Labute approximate surface area is 168 Å². The molecule has 2 aliphatic rings. The molecule has 1 aliphatic carbocycles. The van der Waals surface area contributed by atoms with Crippen LogP contribution in [0.2, 0.25) is 0 Å². The summed E-state index contributed by atoms with van der Waals surface area (Å²) >= 11 is 0. The van der Waals surface area contributed by atoms with Crippen LogP contribution in [0.5, 0.6) is 11.5 Å². The van der Waals surface area contributed by atoms with E-state index in [0.717, 1.165) is 46.9 Å². The van der Waals surface area contributed by atoms with Crippen molar-refractivity contribution in [1.29, 1.82) is 0 Å². The Bertz CT molecular complexity index is 1160. The fourth-order valence-corrected chi connectivity index (χ4v) is 4.54. The summed E-state index contributed by atoms with van der Waals surface area (Å²) in [7, 11) is 0. The zero-order valence-corrected chi connectivity index (χ0v) is 16.0. The van der Waals surface area contributed by atoms with Gasteiger partial charge < -0.3 is 10.1 Å². The normalized spacial score (nSPS) is 17.8. The lowest BCUT2D eigenvalue weighted by atomic mass is 9.62. The van der Waals surface area contributed by atoms with Crippen molar-refractivity contribution in [2.45, 2.75) is 18.9 Å². The number of fused-ring (bicyclic) bond motifs is 1. The minimum absolute atomic E-state index is 0.420. The third kappa shape index (κ3) is 2.79. The lowest BCUT2D eigenvalue weighted by molar-refractivity contribution is 0.00414. The van der Waals surface area contributed by atoms with E-state index < -0.39 is 0 Å². The average Bonchev–Trinajstić information content (AvgIpc) is 3.07. The van der Waals surface area contributed by atoms with E-state index in [4.69, 9.17) is 9.84 Å². The van der Waals surface area contributed by atoms with Crippen LogP contribution in [0.15, 0.2) is 67.1 Å². The molecule has 1 spiro atoms. The second-order valence-electron chi connectivity index (χ2n) is 8.16. The van der Waals surface area contributed by atoms with Gasteiger partial charge in [0.15, 0.2) is 5.65 Å². The van der Waals surface area contributed by atoms with Crippen molar-refractivity contribution in [1.82, 2.24) is 25.1 Å². The van der Waals surface area contributed by atoms with Crippen molar-refractivity contribution in [3.05, 3.63) is 67.1 Å². The summed E-state index contributed by atoms with van der Waals surface area (Å²) in [6, 6.07) is 18.3. The third-order valence-corrected chi connectivity index (χ3v) is 6.16. The van der Waals surface area contributed by atoms with Gasteiger partial charge in [-0.15, -0.1) is 0 Å². The molecule has 6 heteroatoms. The molecular formula is C23H21N5O. The fourth-order valence-electron chi connectivity index (χ4n) is 4.54. The number of benzene rings is 2. The monoisotopic (exact) mass is 383 g/mol. The number of hydrogen-bond donors (Lipinski definition) is 1. The topological polar surface area (TPSA) is 64.9 Å². The van der Waals surface area contributed by atoms with E-state index in [1.165, 1.54) is 12.8 Å². The van der Waals surface area contributed by atoms with Crippen molar-refractivity contribution in [3.63, 3.8) is 0 Å². The van der Waals surface area contributed by atoms with E-state index in [1.54, 1.807) is 6.33 Å². The first-order valence-corrected chi connectivity index (χ1v) is 10.0. The molecule has 29 heavy (non-hydrogen) atoms. The quantitative estimate of drug-likeness (QED) is 0.572. The van der Waals surface area contributed by atoms with Gasteiger partial charge in [0.2, 0.25) is 0 Å². The maximum atomic E-state index is 5.91. The van der Waals surface area contributed by atoms with Gasteiger partial charge in [0.05, 0.1) is 11.4 Å². The minimum atomic E-state index is 0.420. The molecule has 2 aromatic heterocycles. The molecule has 1 saturated carbocycles. The van der Waals surface area contributed by atoms with Crippen molar-refractivity contribution < 1.29 is 4.74 Å². The van der Waals surface area contributed by atoms with Crippen LogP contribution in [0.25, 0.3) is 22.3 Å².